The van der Waals surface area contributed by atoms with Gasteiger partial charge in [-0.25, -0.2) is 10.2 Å². The Morgan fingerprint density at radius 3 is 2.47 bits per heavy atom. The lowest BCUT2D eigenvalue weighted by atomic mass is 9.94. The normalized spacial score (nSPS) is 13.8. The Hall–Kier alpha value is -1.98. The molecule has 1 aromatic rings. The predicted octanol–water partition coefficient (Wildman–Crippen LogP) is 0.999. The molecule has 6 heteroatoms. The van der Waals surface area contributed by atoms with Gasteiger partial charge in [0.2, 0.25) is 0 Å². The third kappa shape index (κ3) is 2.30. The number of primary amides is 1. The van der Waals surface area contributed by atoms with Gasteiger partial charge in [-0.2, -0.15) is 0 Å². The molecule has 0 saturated carbocycles. The number of carbonyl (C=O) groups excluding carboxylic acids is 2. The van der Waals surface area contributed by atoms with E-state index in [2.05, 4.69) is 5.43 Å². The number of nitrogens with one attached hydrogen (secondary N) is 1. The van der Waals surface area contributed by atoms with Gasteiger partial charge in [0, 0.05) is 19.8 Å². The van der Waals surface area contributed by atoms with Crippen LogP contribution in [0.2, 0.25) is 0 Å². The van der Waals surface area contributed by atoms with Crippen LogP contribution in [0.25, 0.3) is 0 Å². The highest BCUT2D eigenvalue weighted by atomic mass is 16.2. The summed E-state index contributed by atoms with van der Waals surface area (Å²) in [7, 11) is 3.46. The highest BCUT2D eigenvalue weighted by Gasteiger charge is 2.27. The van der Waals surface area contributed by atoms with E-state index in [1.54, 1.807) is 23.7 Å². The smallest absolute Gasteiger partial charge is 0.331 e. The Bertz CT molecular complexity index is 531. The molecule has 19 heavy (non-hydrogen) atoms. The van der Waals surface area contributed by atoms with E-state index in [1.807, 2.05) is 6.92 Å². The van der Waals surface area contributed by atoms with Crippen molar-refractivity contribution in [2.75, 3.05) is 19.5 Å². The first-order chi connectivity index (χ1) is 8.93. The molecule has 6 nitrogen and oxygen atoms in total. The van der Waals surface area contributed by atoms with Crippen molar-refractivity contribution >= 4 is 11.9 Å². The van der Waals surface area contributed by atoms with E-state index in [-0.39, 0.29) is 5.91 Å². The molecule has 0 fully saturated rings. The van der Waals surface area contributed by atoms with Gasteiger partial charge in [0.05, 0.1) is 11.3 Å². The lowest BCUT2D eigenvalue weighted by Gasteiger charge is -2.16. The minimum absolute atomic E-state index is 0.0272. The fraction of sp³-hybridized carbons (Fsp3) is 0.538. The second-order valence-electron chi connectivity index (χ2n) is 5.10. The summed E-state index contributed by atoms with van der Waals surface area (Å²) in [5.74, 6) is -0.0272. The molecule has 0 unspecified atom stereocenters. The van der Waals surface area contributed by atoms with Crippen LogP contribution in [-0.2, 0) is 12.8 Å². The van der Waals surface area contributed by atoms with Gasteiger partial charge in [-0.15, -0.1) is 0 Å². The summed E-state index contributed by atoms with van der Waals surface area (Å²) in [6.07, 6.45) is 3.86. The summed E-state index contributed by atoms with van der Waals surface area (Å²) < 4.78 is 1.67. The summed E-state index contributed by atoms with van der Waals surface area (Å²) in [4.78, 5) is 25.0. The van der Waals surface area contributed by atoms with Gasteiger partial charge in [0.1, 0.15) is 0 Å². The van der Waals surface area contributed by atoms with Crippen molar-refractivity contribution in [2.45, 2.75) is 32.6 Å². The number of hydrogen-bond acceptors (Lipinski definition) is 2. The maximum Gasteiger partial charge on any atom is 0.331 e. The first-order valence-corrected chi connectivity index (χ1v) is 6.44. The van der Waals surface area contributed by atoms with Gasteiger partial charge < -0.3 is 10.6 Å². The van der Waals surface area contributed by atoms with Crippen LogP contribution < -0.4 is 11.2 Å². The molecule has 0 bridgehead atoms. The van der Waals surface area contributed by atoms with E-state index in [0.29, 0.717) is 5.56 Å². The molecule has 1 aliphatic rings. The van der Waals surface area contributed by atoms with E-state index in [1.165, 1.54) is 0 Å². The van der Waals surface area contributed by atoms with Gasteiger partial charge in [-0.3, -0.25) is 9.47 Å². The summed E-state index contributed by atoms with van der Waals surface area (Å²) in [5.41, 5.74) is 11.3. The van der Waals surface area contributed by atoms with Crippen LogP contribution in [0.1, 0.15) is 40.2 Å². The van der Waals surface area contributed by atoms with Gasteiger partial charge >= 0.3 is 6.03 Å². The zero-order chi connectivity index (χ0) is 14.2. The number of carbonyl (C=O) groups is 2. The number of urea groups is 1. The zero-order valence-electron chi connectivity index (χ0n) is 11.6. The van der Waals surface area contributed by atoms with Crippen LogP contribution in [0.15, 0.2) is 0 Å². The fourth-order valence-electron chi connectivity index (χ4n) is 2.71. The second kappa shape index (κ2) is 4.95. The van der Waals surface area contributed by atoms with E-state index >= 15 is 0 Å². The topological polar surface area (TPSA) is 80.4 Å². The fourth-order valence-corrected chi connectivity index (χ4v) is 2.71. The first-order valence-electron chi connectivity index (χ1n) is 6.44. The third-order valence-corrected chi connectivity index (χ3v) is 3.55. The molecular formula is C13H20N4O2. The molecule has 104 valence electrons. The van der Waals surface area contributed by atoms with Crippen LogP contribution >= 0.6 is 0 Å². The van der Waals surface area contributed by atoms with Gasteiger partial charge in [0.25, 0.3) is 5.91 Å². The Labute approximate surface area is 112 Å². The zero-order valence-corrected chi connectivity index (χ0v) is 11.6. The van der Waals surface area contributed by atoms with E-state index in [0.717, 1.165) is 42.6 Å². The average Bonchev–Trinajstić information content (AvgIpc) is 2.61. The Morgan fingerprint density at radius 2 is 1.89 bits per heavy atom. The average molecular weight is 264 g/mol. The van der Waals surface area contributed by atoms with Crippen molar-refractivity contribution in [1.29, 1.82) is 0 Å². The van der Waals surface area contributed by atoms with E-state index < -0.39 is 6.03 Å². The largest absolute Gasteiger partial charge is 0.350 e. The summed E-state index contributed by atoms with van der Waals surface area (Å²) in [6.45, 7) is 1.84. The Kier molecular flexibility index (Phi) is 3.50. The molecule has 1 aromatic heterocycles. The molecular weight excluding hydrogens is 244 g/mol. The Balaban J connectivity index is 2.57. The molecule has 1 heterocycles. The van der Waals surface area contributed by atoms with Crippen molar-refractivity contribution in [1.82, 2.24) is 9.58 Å². The molecule has 0 atom stereocenters. The van der Waals surface area contributed by atoms with Crippen molar-refractivity contribution in [2.24, 2.45) is 5.73 Å². The van der Waals surface area contributed by atoms with Crippen LogP contribution in [0.3, 0.4) is 0 Å². The summed E-state index contributed by atoms with van der Waals surface area (Å²) in [6, 6.07) is -0.615. The minimum atomic E-state index is -0.615. The molecule has 0 radical (unpaired) electrons. The number of rotatable bonds is 2. The van der Waals surface area contributed by atoms with Crippen molar-refractivity contribution < 1.29 is 9.59 Å². The molecule has 2 rings (SSSR count). The van der Waals surface area contributed by atoms with Crippen LogP contribution in [0.5, 0.6) is 0 Å². The van der Waals surface area contributed by atoms with Gasteiger partial charge in [-0.05, 0) is 38.2 Å². The highest BCUT2D eigenvalue weighted by Crippen LogP contribution is 2.29. The van der Waals surface area contributed by atoms with Crippen LogP contribution in [0, 0.1) is 6.92 Å². The summed E-state index contributed by atoms with van der Waals surface area (Å²) >= 11 is 0. The maximum absolute atomic E-state index is 12.3. The van der Waals surface area contributed by atoms with E-state index in [9.17, 15) is 9.59 Å². The molecule has 0 spiro atoms. The molecule has 3 N–H and O–H groups in total. The second-order valence-corrected chi connectivity index (χ2v) is 5.10. The Morgan fingerprint density at radius 1 is 1.26 bits per heavy atom. The quantitative estimate of drug-likeness (QED) is 0.835. The van der Waals surface area contributed by atoms with Gasteiger partial charge in [-0.1, -0.05) is 0 Å². The number of amides is 3. The standard InChI is InChI=1S/C13H20N4O2/c1-8-11(12(18)16(2)3)9-6-4-5-7-10(9)17(8)15-13(14)19/h4-7H2,1-3H3,(H3,14,15,19). The molecule has 3 amide bonds. The lowest BCUT2D eigenvalue weighted by molar-refractivity contribution is 0.0825. The number of hydrogen-bond donors (Lipinski definition) is 2. The number of fused-ring (bicyclic) bond motifs is 1. The SMILES string of the molecule is Cc1c(C(=O)N(C)C)c2c(n1NC(N)=O)CCCC2. The summed E-state index contributed by atoms with van der Waals surface area (Å²) in [5, 5.41) is 0. The predicted molar refractivity (Wildman–Crippen MR) is 72.8 cm³/mol. The molecule has 0 saturated heterocycles. The van der Waals surface area contributed by atoms with Crippen LogP contribution in [-0.4, -0.2) is 35.6 Å². The number of aromatic nitrogens is 1. The minimum Gasteiger partial charge on any atom is -0.350 e. The molecule has 1 aliphatic carbocycles. The van der Waals surface area contributed by atoms with Crippen molar-refractivity contribution in [3.63, 3.8) is 0 Å². The van der Waals surface area contributed by atoms with Crippen molar-refractivity contribution in [3.8, 4) is 0 Å². The third-order valence-electron chi connectivity index (χ3n) is 3.55. The highest BCUT2D eigenvalue weighted by molar-refractivity contribution is 5.97. The number of nitrogens with zero attached hydrogens (tertiary/aromatic N) is 2. The lowest BCUT2D eigenvalue weighted by Crippen LogP contribution is -2.31. The maximum atomic E-state index is 12.3. The monoisotopic (exact) mass is 264 g/mol. The molecule has 0 aliphatic heterocycles. The van der Waals surface area contributed by atoms with Gasteiger partial charge in [0.15, 0.2) is 0 Å². The van der Waals surface area contributed by atoms with E-state index in [4.69, 9.17) is 5.73 Å². The van der Waals surface area contributed by atoms with Crippen molar-refractivity contribution in [3.05, 3.63) is 22.5 Å². The van der Waals surface area contributed by atoms with Crippen LogP contribution in [0.4, 0.5) is 4.79 Å². The molecule has 0 aromatic carbocycles. The number of nitrogens with two attached hydrogens (primary N) is 1. The first kappa shape index (κ1) is 13.5.